The second kappa shape index (κ2) is 9.93. The zero-order valence-electron chi connectivity index (χ0n) is 22.4. The molecule has 1 aliphatic heterocycles. The lowest BCUT2D eigenvalue weighted by atomic mass is 9.96. The Hall–Kier alpha value is -4.46. The molecule has 1 saturated carbocycles. The van der Waals surface area contributed by atoms with Crippen LogP contribution in [-0.4, -0.2) is 51.5 Å². The maximum Gasteiger partial charge on any atom is 0.411 e. The number of likely N-dealkylation sites (tertiary alicyclic amines) is 1. The molecule has 2 aliphatic rings. The van der Waals surface area contributed by atoms with Gasteiger partial charge in [0.1, 0.15) is 23.5 Å². The third kappa shape index (κ3) is 4.97. The van der Waals surface area contributed by atoms with E-state index < -0.39 is 47.0 Å². The molecule has 2 heterocycles. The van der Waals surface area contributed by atoms with E-state index in [9.17, 15) is 28.8 Å². The van der Waals surface area contributed by atoms with E-state index in [-0.39, 0.29) is 34.8 Å². The van der Waals surface area contributed by atoms with Crippen LogP contribution in [-0.2, 0) is 16.0 Å². The van der Waals surface area contributed by atoms with Gasteiger partial charge < -0.3 is 20.8 Å². The Morgan fingerprint density at radius 1 is 1.20 bits per heavy atom. The summed E-state index contributed by atoms with van der Waals surface area (Å²) < 4.78 is 20.1. The lowest BCUT2D eigenvalue weighted by molar-refractivity contribution is -0.128. The van der Waals surface area contributed by atoms with E-state index in [4.69, 9.17) is 10.5 Å². The summed E-state index contributed by atoms with van der Waals surface area (Å²) in [5, 5.41) is 13.6. The number of carbonyl (C=O) groups is 3. The number of nitrogens with zero attached hydrogens (tertiary/aromatic N) is 2. The van der Waals surface area contributed by atoms with E-state index in [2.05, 4.69) is 16.4 Å². The van der Waals surface area contributed by atoms with Gasteiger partial charge in [-0.3, -0.25) is 19.3 Å². The van der Waals surface area contributed by atoms with Crippen LogP contribution in [0.4, 0.5) is 9.18 Å². The molecule has 0 spiro atoms. The molecule has 40 heavy (non-hydrogen) atoms. The first-order valence-corrected chi connectivity index (χ1v) is 13.2. The molecule has 1 aliphatic carbocycles. The number of piperidine rings is 1. The van der Waals surface area contributed by atoms with Crippen LogP contribution in [0.1, 0.15) is 56.0 Å². The van der Waals surface area contributed by atoms with Gasteiger partial charge in [-0.1, -0.05) is 12.1 Å². The number of hydrogen-bond acceptors (Lipinski definition) is 6. The Morgan fingerprint density at radius 2 is 1.95 bits per heavy atom. The van der Waals surface area contributed by atoms with E-state index >= 15 is 0 Å². The lowest BCUT2D eigenvalue weighted by Crippen LogP contribution is -2.55. The standard InChI is InChI=1S/C29H30FN5O5/c1-29(2,3)40-28(39)35-18-6-5-15(10-18)24(35)27(38)33-17(13-31)8-14-4-7-19-20-11-16(25(32)36)12-22(30)23(20)34-26(37)21(19)9-14/h4,7,9,11-12,15,17-18,24H,5-6,8,10H2,1-3H3,(H2,32,36)(H,33,38)(H,34,37). The average molecular weight is 548 g/mol. The number of aromatic nitrogens is 1. The Kier molecular flexibility index (Phi) is 6.74. The van der Waals surface area contributed by atoms with Gasteiger partial charge in [0.25, 0.3) is 5.56 Å². The van der Waals surface area contributed by atoms with Crippen molar-refractivity contribution in [1.29, 1.82) is 5.26 Å². The van der Waals surface area contributed by atoms with Gasteiger partial charge in [0.15, 0.2) is 0 Å². The molecule has 2 bridgehead atoms. The van der Waals surface area contributed by atoms with Crippen molar-refractivity contribution >= 4 is 39.6 Å². The largest absolute Gasteiger partial charge is 0.444 e. The van der Waals surface area contributed by atoms with Crippen LogP contribution < -0.4 is 16.6 Å². The van der Waals surface area contributed by atoms with Crippen LogP contribution in [0.25, 0.3) is 21.7 Å². The lowest BCUT2D eigenvalue weighted by Gasteiger charge is -2.35. The summed E-state index contributed by atoms with van der Waals surface area (Å²) in [6, 6.07) is 7.64. The van der Waals surface area contributed by atoms with Gasteiger partial charge in [-0.2, -0.15) is 5.26 Å². The van der Waals surface area contributed by atoms with Crippen molar-refractivity contribution in [2.75, 3.05) is 0 Å². The van der Waals surface area contributed by atoms with Gasteiger partial charge in [-0.25, -0.2) is 9.18 Å². The molecule has 4 unspecified atom stereocenters. The normalized spacial score (nSPS) is 20.9. The van der Waals surface area contributed by atoms with Crippen molar-refractivity contribution in [2.24, 2.45) is 11.7 Å². The number of carbonyl (C=O) groups excluding carboxylic acids is 3. The molecule has 11 heteroatoms. The third-order valence-corrected chi connectivity index (χ3v) is 7.60. The number of aromatic amines is 1. The summed E-state index contributed by atoms with van der Waals surface area (Å²) in [6.07, 6.45) is 1.90. The summed E-state index contributed by atoms with van der Waals surface area (Å²) in [7, 11) is 0. The van der Waals surface area contributed by atoms with Crippen LogP contribution in [0.3, 0.4) is 0 Å². The smallest absolute Gasteiger partial charge is 0.411 e. The summed E-state index contributed by atoms with van der Waals surface area (Å²) >= 11 is 0. The number of primary amides is 1. The Labute approximate surface area is 229 Å². The maximum atomic E-state index is 14.6. The van der Waals surface area contributed by atoms with E-state index in [0.29, 0.717) is 22.8 Å². The molecule has 2 aromatic carbocycles. The molecule has 2 fully saturated rings. The van der Waals surface area contributed by atoms with Crippen molar-refractivity contribution in [3.63, 3.8) is 0 Å². The first-order chi connectivity index (χ1) is 18.9. The number of nitriles is 1. The monoisotopic (exact) mass is 547 g/mol. The number of amides is 3. The number of benzene rings is 2. The van der Waals surface area contributed by atoms with Crippen LogP contribution in [0.15, 0.2) is 35.1 Å². The van der Waals surface area contributed by atoms with Crippen molar-refractivity contribution in [1.82, 2.24) is 15.2 Å². The fourth-order valence-electron chi connectivity index (χ4n) is 5.94. The molecule has 0 radical (unpaired) electrons. The minimum absolute atomic E-state index is 0.00458. The number of halogens is 1. The highest BCUT2D eigenvalue weighted by Gasteiger charge is 2.52. The second-order valence-corrected chi connectivity index (χ2v) is 11.5. The number of fused-ring (bicyclic) bond motifs is 5. The summed E-state index contributed by atoms with van der Waals surface area (Å²) in [5.41, 5.74) is 4.60. The Morgan fingerprint density at radius 3 is 2.62 bits per heavy atom. The number of rotatable bonds is 5. The molecular weight excluding hydrogens is 517 g/mol. The van der Waals surface area contributed by atoms with Crippen LogP contribution >= 0.6 is 0 Å². The maximum absolute atomic E-state index is 14.6. The zero-order valence-corrected chi connectivity index (χ0v) is 22.4. The first kappa shape index (κ1) is 27.1. The number of nitrogens with two attached hydrogens (primary N) is 1. The molecule has 4 atom stereocenters. The predicted octanol–water partition coefficient (Wildman–Crippen LogP) is 3.26. The minimum atomic E-state index is -0.928. The predicted molar refractivity (Wildman–Crippen MR) is 145 cm³/mol. The average Bonchev–Trinajstić information content (AvgIpc) is 3.50. The Bertz CT molecular complexity index is 1650. The second-order valence-electron chi connectivity index (χ2n) is 11.5. The van der Waals surface area contributed by atoms with E-state index in [1.54, 1.807) is 39.0 Å². The van der Waals surface area contributed by atoms with Crippen LogP contribution in [0.2, 0.25) is 0 Å². The molecule has 3 aromatic rings. The number of H-pyrrole nitrogens is 1. The van der Waals surface area contributed by atoms with E-state index in [0.717, 1.165) is 18.9 Å². The van der Waals surface area contributed by atoms with E-state index in [1.807, 2.05) is 0 Å². The van der Waals surface area contributed by atoms with Gasteiger partial charge in [-0.15, -0.1) is 0 Å². The number of hydrogen-bond donors (Lipinski definition) is 3. The van der Waals surface area contributed by atoms with Gasteiger partial charge in [-0.05, 0) is 75.1 Å². The van der Waals surface area contributed by atoms with E-state index in [1.165, 1.54) is 11.0 Å². The fourth-order valence-corrected chi connectivity index (χ4v) is 5.94. The zero-order chi connectivity index (χ0) is 28.9. The van der Waals surface area contributed by atoms with Crippen molar-refractivity contribution in [3.8, 4) is 6.07 Å². The molecule has 5 rings (SSSR count). The highest BCUT2D eigenvalue weighted by Crippen LogP contribution is 2.43. The molecule has 1 aromatic heterocycles. The number of pyridine rings is 1. The quantitative estimate of drug-likeness (QED) is 0.416. The van der Waals surface area contributed by atoms with Crippen LogP contribution in [0, 0.1) is 23.1 Å². The minimum Gasteiger partial charge on any atom is -0.444 e. The molecule has 3 amide bonds. The van der Waals surface area contributed by atoms with Gasteiger partial charge in [0, 0.05) is 28.8 Å². The summed E-state index contributed by atoms with van der Waals surface area (Å²) in [4.78, 5) is 54.8. The van der Waals surface area contributed by atoms with Crippen LogP contribution in [0.5, 0.6) is 0 Å². The van der Waals surface area contributed by atoms with Gasteiger partial charge >= 0.3 is 6.09 Å². The van der Waals surface area contributed by atoms with Gasteiger partial charge in [0.2, 0.25) is 11.8 Å². The molecule has 4 N–H and O–H groups in total. The van der Waals surface area contributed by atoms with Crippen molar-refractivity contribution in [3.05, 3.63) is 57.6 Å². The topological polar surface area (TPSA) is 158 Å². The number of ether oxygens (including phenoxy) is 1. The third-order valence-electron chi connectivity index (χ3n) is 7.60. The Balaban J connectivity index is 1.39. The fraction of sp³-hybridized carbons (Fsp3) is 0.414. The number of nitrogens with one attached hydrogen (secondary N) is 2. The highest BCUT2D eigenvalue weighted by atomic mass is 19.1. The molecule has 208 valence electrons. The van der Waals surface area contributed by atoms with Crippen molar-refractivity contribution in [2.45, 2.75) is 70.2 Å². The van der Waals surface area contributed by atoms with Crippen molar-refractivity contribution < 1.29 is 23.5 Å². The molecule has 1 saturated heterocycles. The SMILES string of the molecule is CC(C)(C)OC(=O)N1C2CCC(C2)C1C(=O)NC(C#N)Cc1ccc2c(c1)c(=O)[nH]c1c(F)cc(C(N)=O)cc12. The molecule has 10 nitrogen and oxygen atoms in total. The highest BCUT2D eigenvalue weighted by molar-refractivity contribution is 6.08. The van der Waals surface area contributed by atoms with Gasteiger partial charge in [0.05, 0.1) is 11.6 Å². The molecular formula is C29H30FN5O5. The summed E-state index contributed by atoms with van der Waals surface area (Å²) in [5.74, 6) is -1.99. The first-order valence-electron chi connectivity index (χ1n) is 13.2. The summed E-state index contributed by atoms with van der Waals surface area (Å²) in [6.45, 7) is 5.31.